The molecule has 1 aliphatic carbocycles. The van der Waals surface area contributed by atoms with Crippen molar-refractivity contribution in [2.45, 2.75) is 128 Å². The van der Waals surface area contributed by atoms with Crippen LogP contribution < -0.4 is 41.7 Å². The molecule has 0 radical (unpaired) electrons. The number of phosphoric acid groups is 3. The van der Waals surface area contributed by atoms with Gasteiger partial charge in [-0.25, -0.2) is 22.8 Å². The number of amides is 2. The predicted molar refractivity (Wildman–Crippen MR) is 293 cm³/mol. The molecule has 4 unspecified atom stereocenters. The van der Waals surface area contributed by atoms with Gasteiger partial charge in [0.15, 0.2) is 6.23 Å². The van der Waals surface area contributed by atoms with Crippen LogP contribution in [0.3, 0.4) is 0 Å². The number of anilines is 2. The molecule has 26 heteroatoms. The molecule has 5 aliphatic rings. The maximum atomic E-state index is 14.8. The van der Waals surface area contributed by atoms with Crippen molar-refractivity contribution in [3.63, 3.8) is 0 Å². The Labute approximate surface area is 462 Å². The second kappa shape index (κ2) is 22.4. The van der Waals surface area contributed by atoms with Gasteiger partial charge in [0.25, 0.3) is 13.7 Å². The summed E-state index contributed by atoms with van der Waals surface area (Å²) in [5.41, 5.74) is 16.2. The van der Waals surface area contributed by atoms with E-state index in [-0.39, 0.29) is 53.7 Å². The molecule has 8 atom stereocenters. The highest BCUT2D eigenvalue weighted by Crippen LogP contribution is 2.65. The fourth-order valence-corrected chi connectivity index (χ4v) is 15.6. The summed E-state index contributed by atoms with van der Waals surface area (Å²) in [6.07, 6.45) is -0.587. The van der Waals surface area contributed by atoms with Crippen molar-refractivity contribution in [2.75, 3.05) is 57.0 Å². The van der Waals surface area contributed by atoms with Crippen molar-refractivity contribution in [1.29, 1.82) is 0 Å². The number of phosphoric ester groups is 1. The molecule has 0 bridgehead atoms. The minimum absolute atomic E-state index is 0.0203. The van der Waals surface area contributed by atoms with Gasteiger partial charge >= 0.3 is 21.3 Å². The maximum Gasteiger partial charge on any atom is 0.487 e. The Bertz CT molecular complexity index is 3590. The smallest absolute Gasteiger partial charge is 0.487 e. The first-order valence-corrected chi connectivity index (χ1v) is 31.1. The number of aromatic nitrogens is 2. The van der Waals surface area contributed by atoms with Gasteiger partial charge in [-0.2, -0.15) is 9.29 Å². The Morgan fingerprint density at radius 1 is 1.01 bits per heavy atom. The van der Waals surface area contributed by atoms with Gasteiger partial charge in [-0.1, -0.05) is 50.8 Å². The number of nitrogens with two attached hydrogens (primary N) is 1. The molecule has 0 saturated carbocycles. The van der Waals surface area contributed by atoms with E-state index in [0.29, 0.717) is 17.9 Å². The van der Waals surface area contributed by atoms with Crippen LogP contribution in [0.25, 0.3) is 5.57 Å². The number of hydrogen-bond donors (Lipinski definition) is 7. The van der Waals surface area contributed by atoms with E-state index >= 15 is 0 Å². The molecule has 430 valence electrons. The van der Waals surface area contributed by atoms with Crippen LogP contribution in [-0.2, 0) is 54.6 Å². The van der Waals surface area contributed by atoms with Crippen LogP contribution in [0.1, 0.15) is 141 Å². The van der Waals surface area contributed by atoms with E-state index in [1.807, 2.05) is 18.2 Å². The topological polar surface area (TPSA) is 329 Å². The summed E-state index contributed by atoms with van der Waals surface area (Å²) in [7, 11) is -15.7. The Morgan fingerprint density at radius 3 is 2.44 bits per heavy atom. The number of aliphatic hydroxyl groups is 2. The maximum absolute atomic E-state index is 14.8. The third-order valence-corrected chi connectivity index (χ3v) is 19.7. The van der Waals surface area contributed by atoms with Gasteiger partial charge in [-0.05, 0) is 115 Å². The Kier molecular flexibility index (Phi) is 16.6. The number of benzene rings is 3. The van der Waals surface area contributed by atoms with E-state index in [2.05, 4.69) is 111 Å². The molecule has 2 amide bonds. The zero-order chi connectivity index (χ0) is 58.0. The third kappa shape index (κ3) is 11.8. The molecule has 3 aromatic carbocycles. The summed E-state index contributed by atoms with van der Waals surface area (Å²) in [4.78, 5) is 87.3. The Hall–Kier alpha value is -5.40. The second-order valence-corrected chi connectivity index (χ2v) is 26.6. The monoisotopic (exact) mass is 1160 g/mol. The highest BCUT2D eigenvalue weighted by molar-refractivity contribution is 7.66. The molecule has 80 heavy (non-hydrogen) atoms. The third-order valence-electron chi connectivity index (χ3n) is 15.9. The van der Waals surface area contributed by atoms with E-state index in [1.54, 1.807) is 11.9 Å². The zero-order valence-electron chi connectivity index (χ0n) is 45.6. The van der Waals surface area contributed by atoms with E-state index in [9.17, 15) is 53.0 Å². The number of aliphatic hydroxyl groups excluding tert-OH is 2. The lowest BCUT2D eigenvalue weighted by atomic mass is 9.64. The molecule has 5 heterocycles. The standard InChI is InChI=1S/C54H68N7O16P3/c1-8-61-41-27-40-38(26-37(41)31(2)28-53(61,3)4)44(39-25-32-16-12-23-59-24-13-19-36(46(32)59)45(39)54(40,5)6)34-17-9-10-18-35(34)50(65)58(7)22-14-20-43(62)56-21-11-15-33-29-60(52(66)57-49(33)55)51-48(64)47(63)42(75-51)30-74-79(70,71)77-80(72,73)76-78(67,68)69/h9-10,17-18,25-27,29,31,42,47-48,51,63-64H,8,12-14,16,19-24,28,30H2,1-7H3,(H6-,55,56,57,62,66,67,68,69,70,71,72,73)/t31?,42-,47-,48-,51-/m1/s1. The average molecular weight is 1160 g/mol. The largest absolute Gasteiger partial charge is 0.756 e. The number of carbonyl (C=O) groups excluding carboxylic acids is 2. The first-order valence-electron chi connectivity index (χ1n) is 26.6. The summed E-state index contributed by atoms with van der Waals surface area (Å²) >= 11 is 0. The van der Waals surface area contributed by atoms with Gasteiger partial charge < -0.3 is 55.4 Å². The molecule has 9 rings (SSSR count). The molecule has 4 aromatic rings. The van der Waals surface area contributed by atoms with Crippen LogP contribution >= 0.6 is 23.5 Å². The van der Waals surface area contributed by atoms with Gasteiger partial charge in [-0.15, -0.1) is 0 Å². The fourth-order valence-electron chi connectivity index (χ4n) is 12.6. The number of rotatable bonds is 16. The van der Waals surface area contributed by atoms with Crippen molar-refractivity contribution in [1.82, 2.24) is 24.3 Å². The van der Waals surface area contributed by atoms with Crippen LogP contribution in [0, 0.1) is 11.8 Å². The van der Waals surface area contributed by atoms with Gasteiger partial charge in [0.1, 0.15) is 37.2 Å². The number of aryl methyl sites for hydroxylation is 1. The Balaban J connectivity index is 0.892. The van der Waals surface area contributed by atoms with Gasteiger partial charge in [-0.3, -0.25) is 23.2 Å². The van der Waals surface area contributed by atoms with Crippen LogP contribution in [-0.4, -0.2) is 121 Å². The van der Waals surface area contributed by atoms with E-state index in [0.717, 1.165) is 79.2 Å². The number of carbonyl (C=O) groups is 2. The number of fused-ring (bicyclic) bond motifs is 4. The molecule has 8 N–H and O–H groups in total. The minimum atomic E-state index is -5.91. The quantitative estimate of drug-likeness (QED) is 0.0481. The molecular formula is C54H68N7O16P3. The highest BCUT2D eigenvalue weighted by atomic mass is 31.3. The summed E-state index contributed by atoms with van der Waals surface area (Å²) in [5, 5.41) is 26.6. The molecule has 0 spiro atoms. The molecule has 23 nitrogen and oxygen atoms in total. The number of nitrogens with zero attached hydrogens (tertiary/aromatic N) is 5. The van der Waals surface area contributed by atoms with Crippen LogP contribution in [0.15, 0.2) is 53.5 Å². The van der Waals surface area contributed by atoms with E-state index in [1.165, 1.54) is 44.1 Å². The van der Waals surface area contributed by atoms with Crippen LogP contribution in [0.5, 0.6) is 0 Å². The molecule has 1 aromatic heterocycles. The summed E-state index contributed by atoms with van der Waals surface area (Å²) in [6.45, 7) is 16.0. The van der Waals surface area contributed by atoms with E-state index < -0.39 is 60.3 Å². The fraction of sp³-hybridized carbons (Fsp3) is 0.500. The first-order chi connectivity index (χ1) is 37.5. The number of nitrogens with one attached hydrogen (secondary N) is 1. The van der Waals surface area contributed by atoms with Crippen molar-refractivity contribution >= 4 is 52.4 Å². The SMILES string of the molecule is CCN1c2cc3c(cc2C(C)CC1(C)C)C(c1ccccc1C(=O)N(C)CCCC(=O)NCC#Cc1cn([C@@H]2O[C@H](COP(=O)(O)OP(=O)(O)OP(=O)([O-])O)[C@@H](O)[C@H]2O)c(=O)nc1N)=c1cc2c4c(c1C3(C)C)CCC[N+]=4CCC2. The lowest BCUT2D eigenvalue weighted by Crippen LogP contribution is -2.50. The van der Waals surface area contributed by atoms with Crippen LogP contribution in [0.4, 0.5) is 11.5 Å². The lowest BCUT2D eigenvalue weighted by molar-refractivity contribution is -0.212. The summed E-state index contributed by atoms with van der Waals surface area (Å²) in [6, 6.07) is 15.2. The average Bonchev–Trinajstić information content (AvgIpc) is 2.95. The highest BCUT2D eigenvalue weighted by Gasteiger charge is 2.47. The normalized spacial score (nSPS) is 23.7. The van der Waals surface area contributed by atoms with Crippen LogP contribution in [0.2, 0.25) is 0 Å². The lowest BCUT2D eigenvalue weighted by Gasteiger charge is -2.48. The molecule has 4 aliphatic heterocycles. The van der Waals surface area contributed by atoms with E-state index in [4.69, 9.17) is 15.4 Å². The number of ether oxygens (including phenoxy) is 1. The predicted octanol–water partition coefficient (Wildman–Crippen LogP) is 2.56. The van der Waals surface area contributed by atoms with Gasteiger partial charge in [0.05, 0.1) is 18.7 Å². The van der Waals surface area contributed by atoms with Crippen molar-refractivity contribution in [3.8, 4) is 11.8 Å². The Morgan fingerprint density at radius 2 is 1.73 bits per heavy atom. The second-order valence-electron chi connectivity index (χ2n) is 22.2. The molecule has 1 saturated heterocycles. The number of hydrogen-bond acceptors (Lipinski definition) is 16. The van der Waals surface area contributed by atoms with Gasteiger partial charge in [0, 0.05) is 78.9 Å². The molecular weight excluding hydrogens is 1100 g/mol. The van der Waals surface area contributed by atoms with Crippen molar-refractivity contribution in [2.24, 2.45) is 0 Å². The van der Waals surface area contributed by atoms with Gasteiger partial charge in [0.2, 0.25) is 11.3 Å². The van der Waals surface area contributed by atoms with Crippen molar-refractivity contribution < 1.29 is 71.0 Å². The summed E-state index contributed by atoms with van der Waals surface area (Å²) < 4.78 is 55.1. The molecule has 1 fully saturated rings. The zero-order valence-corrected chi connectivity index (χ0v) is 48.3. The summed E-state index contributed by atoms with van der Waals surface area (Å²) in [5.74, 6) is 4.87. The minimum Gasteiger partial charge on any atom is -0.756 e. The van der Waals surface area contributed by atoms with Crippen molar-refractivity contribution in [3.05, 3.63) is 120 Å². The number of nitrogen functional groups attached to an aromatic ring is 1. The first kappa shape index (κ1) is 59.2.